The lowest BCUT2D eigenvalue weighted by Crippen LogP contribution is -2.06. The maximum atomic E-state index is 11.5. The zero-order valence-corrected chi connectivity index (χ0v) is 14.6. The molecule has 0 bridgehead atoms. The summed E-state index contributed by atoms with van der Waals surface area (Å²) in [4.78, 5) is 15.8. The first-order valence-corrected chi connectivity index (χ1v) is 8.08. The number of rotatable bonds is 6. The van der Waals surface area contributed by atoms with Crippen molar-refractivity contribution in [2.24, 2.45) is 0 Å². The van der Waals surface area contributed by atoms with Gasteiger partial charge in [-0.3, -0.25) is 0 Å². The third kappa shape index (κ3) is 4.54. The molecule has 0 aliphatic heterocycles. The SMILES string of the molecule is COC(=O)c1ccc(Nc2nncc(NCc3cccc(C)c3)n2)cc1. The van der Waals surface area contributed by atoms with E-state index in [0.29, 0.717) is 23.9 Å². The van der Waals surface area contributed by atoms with E-state index in [1.807, 2.05) is 6.07 Å². The van der Waals surface area contributed by atoms with E-state index in [1.165, 1.54) is 12.7 Å². The number of aryl methyl sites for hydroxylation is 1. The van der Waals surface area contributed by atoms with E-state index in [1.54, 1.807) is 30.5 Å². The number of anilines is 3. The van der Waals surface area contributed by atoms with E-state index in [0.717, 1.165) is 11.3 Å². The van der Waals surface area contributed by atoms with Gasteiger partial charge in [0.1, 0.15) is 0 Å². The van der Waals surface area contributed by atoms with Gasteiger partial charge in [0.05, 0.1) is 18.9 Å². The third-order valence-corrected chi connectivity index (χ3v) is 3.68. The van der Waals surface area contributed by atoms with Crippen LogP contribution in [-0.4, -0.2) is 28.3 Å². The van der Waals surface area contributed by atoms with E-state index in [4.69, 9.17) is 0 Å². The van der Waals surface area contributed by atoms with E-state index in [-0.39, 0.29) is 5.97 Å². The summed E-state index contributed by atoms with van der Waals surface area (Å²) in [6.45, 7) is 2.71. The number of carbonyl (C=O) groups excluding carboxylic acids is 1. The normalized spacial score (nSPS) is 10.2. The predicted octanol–water partition coefficient (Wildman–Crippen LogP) is 3.32. The maximum Gasteiger partial charge on any atom is 0.337 e. The molecule has 7 nitrogen and oxygen atoms in total. The second-order valence-electron chi connectivity index (χ2n) is 5.70. The van der Waals surface area contributed by atoms with E-state index in [2.05, 4.69) is 55.7 Å². The van der Waals surface area contributed by atoms with Crippen LogP contribution in [0.3, 0.4) is 0 Å². The fourth-order valence-corrected chi connectivity index (χ4v) is 2.39. The monoisotopic (exact) mass is 349 g/mol. The molecule has 3 aromatic rings. The Morgan fingerprint density at radius 1 is 1.15 bits per heavy atom. The van der Waals surface area contributed by atoms with Crippen LogP contribution in [0.5, 0.6) is 0 Å². The van der Waals surface area contributed by atoms with Crippen molar-refractivity contribution in [2.45, 2.75) is 13.5 Å². The maximum absolute atomic E-state index is 11.5. The molecule has 1 heterocycles. The van der Waals surface area contributed by atoms with Gasteiger partial charge in [-0.15, -0.1) is 5.10 Å². The molecular weight excluding hydrogens is 330 g/mol. The van der Waals surface area contributed by atoms with Gasteiger partial charge >= 0.3 is 5.97 Å². The van der Waals surface area contributed by atoms with Gasteiger partial charge in [-0.25, -0.2) is 4.79 Å². The highest BCUT2D eigenvalue weighted by Gasteiger charge is 2.06. The Balaban J connectivity index is 1.64. The molecule has 132 valence electrons. The van der Waals surface area contributed by atoms with Crippen molar-refractivity contribution >= 4 is 23.4 Å². The summed E-state index contributed by atoms with van der Waals surface area (Å²) >= 11 is 0. The second-order valence-corrected chi connectivity index (χ2v) is 5.70. The number of methoxy groups -OCH3 is 1. The molecule has 2 aromatic carbocycles. The number of nitrogens with one attached hydrogen (secondary N) is 2. The molecule has 0 radical (unpaired) electrons. The number of carbonyl (C=O) groups is 1. The summed E-state index contributed by atoms with van der Waals surface area (Å²) < 4.78 is 4.68. The Morgan fingerprint density at radius 3 is 2.69 bits per heavy atom. The van der Waals surface area contributed by atoms with Crippen LogP contribution in [0.4, 0.5) is 17.5 Å². The van der Waals surface area contributed by atoms with Crippen LogP contribution in [0.2, 0.25) is 0 Å². The van der Waals surface area contributed by atoms with E-state index >= 15 is 0 Å². The van der Waals surface area contributed by atoms with Crippen LogP contribution < -0.4 is 10.6 Å². The minimum absolute atomic E-state index is 0.366. The Kier molecular flexibility index (Phi) is 5.38. The predicted molar refractivity (Wildman–Crippen MR) is 99.4 cm³/mol. The number of nitrogens with zero attached hydrogens (tertiary/aromatic N) is 3. The molecule has 0 aliphatic carbocycles. The lowest BCUT2D eigenvalue weighted by Gasteiger charge is -2.08. The molecule has 1 aromatic heterocycles. The fraction of sp³-hybridized carbons (Fsp3) is 0.158. The van der Waals surface area contributed by atoms with Gasteiger partial charge in [0.25, 0.3) is 0 Å². The molecule has 26 heavy (non-hydrogen) atoms. The van der Waals surface area contributed by atoms with Crippen molar-refractivity contribution in [1.82, 2.24) is 15.2 Å². The van der Waals surface area contributed by atoms with Gasteiger partial charge < -0.3 is 15.4 Å². The molecule has 2 N–H and O–H groups in total. The topological polar surface area (TPSA) is 89.0 Å². The summed E-state index contributed by atoms with van der Waals surface area (Å²) in [6, 6.07) is 15.1. The zero-order valence-electron chi connectivity index (χ0n) is 14.6. The first-order chi connectivity index (χ1) is 12.6. The molecular formula is C19H19N5O2. The number of hydrogen-bond donors (Lipinski definition) is 2. The lowest BCUT2D eigenvalue weighted by molar-refractivity contribution is 0.0601. The van der Waals surface area contributed by atoms with Crippen molar-refractivity contribution in [1.29, 1.82) is 0 Å². The van der Waals surface area contributed by atoms with Crippen molar-refractivity contribution < 1.29 is 9.53 Å². The average Bonchev–Trinajstić information content (AvgIpc) is 2.67. The molecule has 0 saturated heterocycles. The number of aromatic nitrogens is 3. The lowest BCUT2D eigenvalue weighted by atomic mass is 10.1. The summed E-state index contributed by atoms with van der Waals surface area (Å²) in [5.74, 6) is 0.608. The number of ether oxygens (including phenoxy) is 1. The smallest absolute Gasteiger partial charge is 0.337 e. The van der Waals surface area contributed by atoms with Gasteiger partial charge in [0.2, 0.25) is 5.95 Å². The standard InChI is InChI=1S/C19H19N5O2/c1-13-4-3-5-14(10-13)11-20-17-12-21-24-19(23-17)22-16-8-6-15(7-9-16)18(25)26-2/h3-10,12H,11H2,1-2H3,(H2,20,22,23,24). The van der Waals surface area contributed by atoms with Crippen LogP contribution in [0.1, 0.15) is 21.5 Å². The minimum atomic E-state index is -0.378. The van der Waals surface area contributed by atoms with Crippen LogP contribution >= 0.6 is 0 Å². The van der Waals surface area contributed by atoms with Gasteiger partial charge in [0, 0.05) is 12.2 Å². The molecule has 7 heteroatoms. The van der Waals surface area contributed by atoms with Crippen LogP contribution in [-0.2, 0) is 11.3 Å². The largest absolute Gasteiger partial charge is 0.465 e. The Hall–Kier alpha value is -3.48. The first-order valence-electron chi connectivity index (χ1n) is 8.08. The molecule has 0 aliphatic rings. The quantitative estimate of drug-likeness (QED) is 0.660. The van der Waals surface area contributed by atoms with Crippen molar-refractivity contribution in [3.8, 4) is 0 Å². The van der Waals surface area contributed by atoms with Crippen molar-refractivity contribution in [3.63, 3.8) is 0 Å². The highest BCUT2D eigenvalue weighted by molar-refractivity contribution is 5.89. The minimum Gasteiger partial charge on any atom is -0.465 e. The number of benzene rings is 2. The molecule has 0 atom stereocenters. The Morgan fingerprint density at radius 2 is 1.96 bits per heavy atom. The summed E-state index contributed by atoms with van der Waals surface area (Å²) in [6.07, 6.45) is 1.57. The number of esters is 1. The highest BCUT2D eigenvalue weighted by atomic mass is 16.5. The number of hydrogen-bond acceptors (Lipinski definition) is 7. The zero-order chi connectivity index (χ0) is 18.4. The highest BCUT2D eigenvalue weighted by Crippen LogP contribution is 2.15. The van der Waals surface area contributed by atoms with Crippen molar-refractivity contribution in [3.05, 3.63) is 71.4 Å². The molecule has 0 unspecified atom stereocenters. The molecule has 0 amide bonds. The van der Waals surface area contributed by atoms with Crippen LogP contribution in [0.25, 0.3) is 0 Å². The van der Waals surface area contributed by atoms with Crippen molar-refractivity contribution in [2.75, 3.05) is 17.7 Å². The van der Waals surface area contributed by atoms with Gasteiger partial charge in [-0.2, -0.15) is 10.1 Å². The average molecular weight is 349 g/mol. The van der Waals surface area contributed by atoms with Gasteiger partial charge in [-0.1, -0.05) is 29.8 Å². The third-order valence-electron chi connectivity index (χ3n) is 3.68. The summed E-state index contributed by atoms with van der Waals surface area (Å²) in [7, 11) is 1.35. The van der Waals surface area contributed by atoms with Crippen LogP contribution in [0.15, 0.2) is 54.7 Å². The second kappa shape index (κ2) is 8.06. The molecule has 0 saturated carbocycles. The van der Waals surface area contributed by atoms with Gasteiger partial charge in [-0.05, 0) is 36.8 Å². The Bertz CT molecular complexity index is 896. The van der Waals surface area contributed by atoms with Crippen LogP contribution in [0, 0.1) is 6.92 Å². The fourth-order valence-electron chi connectivity index (χ4n) is 2.39. The molecule has 3 rings (SSSR count). The first kappa shape index (κ1) is 17.3. The molecule has 0 fully saturated rings. The summed E-state index contributed by atoms with van der Waals surface area (Å²) in [5, 5.41) is 14.2. The summed E-state index contributed by atoms with van der Waals surface area (Å²) in [5.41, 5.74) is 3.60. The van der Waals surface area contributed by atoms with Gasteiger partial charge in [0.15, 0.2) is 5.82 Å². The van der Waals surface area contributed by atoms with E-state index < -0.39 is 0 Å². The Labute approximate surface area is 151 Å². The molecule has 0 spiro atoms. The van der Waals surface area contributed by atoms with E-state index in [9.17, 15) is 4.79 Å².